The summed E-state index contributed by atoms with van der Waals surface area (Å²) in [6, 6.07) is 13.2. The van der Waals surface area contributed by atoms with Gasteiger partial charge in [-0.15, -0.1) is 0 Å². The third kappa shape index (κ3) is 3.04. The number of benzene rings is 2. The van der Waals surface area contributed by atoms with E-state index in [2.05, 4.69) is 43.3 Å². The van der Waals surface area contributed by atoms with Crippen molar-refractivity contribution in [3.05, 3.63) is 53.1 Å². The molecule has 0 radical (unpaired) electrons. The van der Waals surface area contributed by atoms with E-state index in [9.17, 15) is 0 Å². The van der Waals surface area contributed by atoms with Crippen LogP contribution in [-0.2, 0) is 12.8 Å². The van der Waals surface area contributed by atoms with Gasteiger partial charge < -0.3 is 5.73 Å². The molecule has 0 saturated heterocycles. The SMILES string of the molecule is CCCCCCCCc1ccc2c(c1N)Cc1ccccc1-2. The van der Waals surface area contributed by atoms with E-state index in [1.165, 1.54) is 66.3 Å². The lowest BCUT2D eigenvalue weighted by atomic mass is 9.97. The van der Waals surface area contributed by atoms with E-state index in [-0.39, 0.29) is 0 Å². The highest BCUT2D eigenvalue weighted by atomic mass is 14.6. The molecule has 0 heterocycles. The smallest absolute Gasteiger partial charge is 0.0388 e. The van der Waals surface area contributed by atoms with Crippen molar-refractivity contribution >= 4 is 5.69 Å². The molecule has 0 atom stereocenters. The van der Waals surface area contributed by atoms with Crippen LogP contribution < -0.4 is 5.73 Å². The van der Waals surface area contributed by atoms with Crippen molar-refractivity contribution in [1.82, 2.24) is 0 Å². The fourth-order valence-corrected chi connectivity index (χ4v) is 3.60. The summed E-state index contributed by atoms with van der Waals surface area (Å²) >= 11 is 0. The molecule has 1 aliphatic rings. The Morgan fingerprint density at radius 3 is 2.50 bits per heavy atom. The van der Waals surface area contributed by atoms with Gasteiger partial charge in [-0.05, 0) is 40.7 Å². The normalized spacial score (nSPS) is 12.2. The zero-order valence-corrected chi connectivity index (χ0v) is 13.7. The largest absolute Gasteiger partial charge is 0.398 e. The molecule has 1 aliphatic carbocycles. The van der Waals surface area contributed by atoms with Crippen molar-refractivity contribution in [2.24, 2.45) is 0 Å². The van der Waals surface area contributed by atoms with Gasteiger partial charge in [0.1, 0.15) is 0 Å². The summed E-state index contributed by atoms with van der Waals surface area (Å²) in [7, 11) is 0. The summed E-state index contributed by atoms with van der Waals surface area (Å²) in [5.41, 5.74) is 14.4. The Hall–Kier alpha value is -1.76. The molecular weight excluding hydrogens is 266 g/mol. The van der Waals surface area contributed by atoms with Gasteiger partial charge in [0.15, 0.2) is 0 Å². The molecule has 0 aromatic heterocycles. The second-order valence-electron chi connectivity index (χ2n) is 6.52. The summed E-state index contributed by atoms with van der Waals surface area (Å²) in [4.78, 5) is 0. The van der Waals surface area contributed by atoms with Crippen LogP contribution >= 0.6 is 0 Å². The molecule has 116 valence electrons. The van der Waals surface area contributed by atoms with Gasteiger partial charge >= 0.3 is 0 Å². The van der Waals surface area contributed by atoms with Gasteiger partial charge in [-0.1, -0.05) is 75.4 Å². The van der Waals surface area contributed by atoms with E-state index in [4.69, 9.17) is 5.73 Å². The molecule has 0 aliphatic heterocycles. The molecule has 1 heteroatoms. The quantitative estimate of drug-likeness (QED) is 0.436. The average molecular weight is 293 g/mol. The molecule has 2 aromatic rings. The Bertz CT molecular complexity index is 642. The van der Waals surface area contributed by atoms with Crippen LogP contribution in [0.5, 0.6) is 0 Å². The van der Waals surface area contributed by atoms with Crippen LogP contribution in [0.25, 0.3) is 11.1 Å². The first-order valence-corrected chi connectivity index (χ1v) is 8.79. The number of anilines is 1. The third-order valence-electron chi connectivity index (χ3n) is 4.92. The lowest BCUT2D eigenvalue weighted by Gasteiger charge is -2.11. The van der Waals surface area contributed by atoms with Gasteiger partial charge in [-0.2, -0.15) is 0 Å². The highest BCUT2D eigenvalue weighted by Crippen LogP contribution is 2.40. The Morgan fingerprint density at radius 2 is 1.64 bits per heavy atom. The van der Waals surface area contributed by atoms with Crippen LogP contribution in [-0.4, -0.2) is 0 Å². The summed E-state index contributed by atoms with van der Waals surface area (Å²) < 4.78 is 0. The molecule has 0 fully saturated rings. The van der Waals surface area contributed by atoms with E-state index in [0.29, 0.717) is 0 Å². The van der Waals surface area contributed by atoms with Gasteiger partial charge in [0.25, 0.3) is 0 Å². The van der Waals surface area contributed by atoms with E-state index in [0.717, 1.165) is 18.5 Å². The molecule has 2 aromatic carbocycles. The molecule has 3 rings (SSSR count). The second-order valence-corrected chi connectivity index (χ2v) is 6.52. The fourth-order valence-electron chi connectivity index (χ4n) is 3.60. The number of hydrogen-bond acceptors (Lipinski definition) is 1. The zero-order valence-electron chi connectivity index (χ0n) is 13.7. The topological polar surface area (TPSA) is 26.0 Å². The van der Waals surface area contributed by atoms with Crippen molar-refractivity contribution in [1.29, 1.82) is 0 Å². The third-order valence-corrected chi connectivity index (χ3v) is 4.92. The molecule has 0 bridgehead atoms. The average Bonchev–Trinajstić information content (AvgIpc) is 2.92. The van der Waals surface area contributed by atoms with E-state index < -0.39 is 0 Å². The Kier molecular flexibility index (Phi) is 4.82. The minimum Gasteiger partial charge on any atom is -0.398 e. The number of rotatable bonds is 7. The number of hydrogen-bond donors (Lipinski definition) is 1. The molecular formula is C21H27N. The standard InChI is InChI=1S/C21H27N/c1-2-3-4-5-6-7-10-16-13-14-19-18-12-9-8-11-17(18)15-20(19)21(16)22/h8-9,11-14H,2-7,10,15,22H2,1H3. The lowest BCUT2D eigenvalue weighted by molar-refractivity contribution is 0.608. The molecule has 2 N–H and O–H groups in total. The lowest BCUT2D eigenvalue weighted by Crippen LogP contribution is -1.99. The van der Waals surface area contributed by atoms with E-state index in [1.54, 1.807) is 0 Å². The summed E-state index contributed by atoms with van der Waals surface area (Å²) in [6.45, 7) is 2.27. The number of nitrogens with two attached hydrogens (primary N) is 1. The van der Waals surface area contributed by atoms with Crippen molar-refractivity contribution in [2.45, 2.75) is 58.3 Å². The first kappa shape index (κ1) is 15.1. The Morgan fingerprint density at radius 1 is 0.864 bits per heavy atom. The van der Waals surface area contributed by atoms with Gasteiger partial charge in [0, 0.05) is 12.1 Å². The van der Waals surface area contributed by atoms with Crippen molar-refractivity contribution in [2.75, 3.05) is 5.73 Å². The van der Waals surface area contributed by atoms with Crippen LogP contribution in [0.3, 0.4) is 0 Å². The van der Waals surface area contributed by atoms with Crippen LogP contribution in [0.4, 0.5) is 5.69 Å². The van der Waals surface area contributed by atoms with E-state index in [1.807, 2.05) is 0 Å². The van der Waals surface area contributed by atoms with Crippen LogP contribution in [0.1, 0.15) is 62.1 Å². The van der Waals surface area contributed by atoms with Crippen LogP contribution in [0, 0.1) is 0 Å². The maximum Gasteiger partial charge on any atom is 0.0388 e. The van der Waals surface area contributed by atoms with Gasteiger partial charge in [-0.25, -0.2) is 0 Å². The predicted octanol–water partition coefficient (Wildman–Crippen LogP) is 5.74. The van der Waals surface area contributed by atoms with Crippen molar-refractivity contribution < 1.29 is 0 Å². The number of aryl methyl sites for hydroxylation is 1. The van der Waals surface area contributed by atoms with Crippen molar-refractivity contribution in [3.63, 3.8) is 0 Å². The van der Waals surface area contributed by atoms with Gasteiger partial charge in [-0.3, -0.25) is 0 Å². The second kappa shape index (κ2) is 7.00. The first-order chi connectivity index (χ1) is 10.8. The fraction of sp³-hybridized carbons (Fsp3) is 0.429. The highest BCUT2D eigenvalue weighted by Gasteiger charge is 2.21. The predicted molar refractivity (Wildman–Crippen MR) is 96.2 cm³/mol. The molecule has 0 spiro atoms. The van der Waals surface area contributed by atoms with Crippen molar-refractivity contribution in [3.8, 4) is 11.1 Å². The maximum absolute atomic E-state index is 6.48. The molecule has 0 amide bonds. The maximum atomic E-state index is 6.48. The summed E-state index contributed by atoms with van der Waals surface area (Å²) in [6.07, 6.45) is 10.2. The first-order valence-electron chi connectivity index (χ1n) is 8.79. The number of fused-ring (bicyclic) bond motifs is 3. The Balaban J connectivity index is 1.65. The molecule has 0 unspecified atom stereocenters. The van der Waals surface area contributed by atoms with E-state index >= 15 is 0 Å². The minimum atomic E-state index is 1.00. The monoisotopic (exact) mass is 293 g/mol. The minimum absolute atomic E-state index is 1.00. The summed E-state index contributed by atoms with van der Waals surface area (Å²) in [5, 5.41) is 0. The number of unbranched alkanes of at least 4 members (excludes halogenated alkanes) is 5. The molecule has 1 nitrogen and oxygen atoms in total. The number of nitrogen functional groups attached to an aromatic ring is 1. The highest BCUT2D eigenvalue weighted by molar-refractivity contribution is 5.82. The Labute approximate surface area is 134 Å². The molecule has 0 saturated carbocycles. The van der Waals surface area contributed by atoms with Crippen LogP contribution in [0.15, 0.2) is 36.4 Å². The van der Waals surface area contributed by atoms with Crippen LogP contribution in [0.2, 0.25) is 0 Å². The van der Waals surface area contributed by atoms with Gasteiger partial charge in [0.05, 0.1) is 0 Å². The summed E-state index contributed by atoms with van der Waals surface area (Å²) in [5.74, 6) is 0. The zero-order chi connectivity index (χ0) is 15.4. The molecule has 22 heavy (non-hydrogen) atoms. The van der Waals surface area contributed by atoms with Gasteiger partial charge in [0.2, 0.25) is 0 Å².